The third kappa shape index (κ3) is 1.92. The number of nitrogens with two attached hydrogens (primary N) is 1. The van der Waals surface area contributed by atoms with Gasteiger partial charge in [-0.25, -0.2) is 0 Å². The lowest BCUT2D eigenvalue weighted by atomic mass is 10.2. The highest BCUT2D eigenvalue weighted by molar-refractivity contribution is 5.56. The van der Waals surface area contributed by atoms with Crippen LogP contribution in [0.25, 0.3) is 11.3 Å². The molecule has 0 saturated heterocycles. The molecule has 0 aliphatic rings. The zero-order valence-electron chi connectivity index (χ0n) is 8.84. The first kappa shape index (κ1) is 9.92. The zero-order valence-corrected chi connectivity index (χ0v) is 8.84. The van der Waals surface area contributed by atoms with Crippen LogP contribution in [0.3, 0.4) is 0 Å². The van der Waals surface area contributed by atoms with Gasteiger partial charge in [-0.1, -0.05) is 5.16 Å². The first-order chi connectivity index (χ1) is 7.20. The van der Waals surface area contributed by atoms with Gasteiger partial charge in [-0.15, -0.1) is 0 Å². The lowest BCUT2D eigenvalue weighted by Gasteiger charge is -2.02. The molecule has 0 radical (unpaired) electrons. The summed E-state index contributed by atoms with van der Waals surface area (Å²) in [5.74, 6) is 0.683. The van der Waals surface area contributed by atoms with Crippen LogP contribution < -0.4 is 5.73 Å². The molecule has 0 saturated carbocycles. The Morgan fingerprint density at radius 3 is 2.87 bits per heavy atom. The normalized spacial score (nSPS) is 11.2. The van der Waals surface area contributed by atoms with Gasteiger partial charge < -0.3 is 10.3 Å². The summed E-state index contributed by atoms with van der Waals surface area (Å²) in [7, 11) is 0. The van der Waals surface area contributed by atoms with Crippen molar-refractivity contribution in [2.75, 3.05) is 0 Å². The molecule has 2 aromatic heterocycles. The van der Waals surface area contributed by atoms with Gasteiger partial charge in [0, 0.05) is 23.9 Å². The summed E-state index contributed by atoms with van der Waals surface area (Å²) in [6.45, 7) is 4.51. The van der Waals surface area contributed by atoms with Crippen LogP contribution in [0, 0.1) is 0 Å². The topological polar surface area (TPSA) is 69.9 Å². The van der Waals surface area contributed by atoms with Crippen molar-refractivity contribution in [3.8, 4) is 11.3 Å². The highest BCUT2D eigenvalue weighted by Gasteiger charge is 2.08. The van der Waals surface area contributed by atoms with Crippen molar-refractivity contribution >= 4 is 0 Å². The first-order valence-corrected chi connectivity index (χ1v) is 4.91. The van der Waals surface area contributed by atoms with E-state index in [0.29, 0.717) is 18.3 Å². The Kier molecular flexibility index (Phi) is 2.55. The monoisotopic (exact) mass is 206 g/mol. The fourth-order valence-electron chi connectivity index (χ4n) is 1.30. The minimum atomic E-state index is 0.347. The minimum Gasteiger partial charge on any atom is -0.359 e. The molecule has 0 spiro atoms. The van der Waals surface area contributed by atoms with Gasteiger partial charge in [0.15, 0.2) is 5.76 Å². The van der Waals surface area contributed by atoms with Crippen molar-refractivity contribution in [1.82, 2.24) is 14.9 Å². The number of hydrogen-bond donors (Lipinski definition) is 1. The van der Waals surface area contributed by atoms with Gasteiger partial charge in [0.05, 0.1) is 12.7 Å². The first-order valence-electron chi connectivity index (χ1n) is 4.91. The Morgan fingerprint density at radius 2 is 2.33 bits per heavy atom. The maximum absolute atomic E-state index is 5.44. The molecule has 2 rings (SSSR count). The van der Waals surface area contributed by atoms with E-state index in [2.05, 4.69) is 24.1 Å². The summed E-state index contributed by atoms with van der Waals surface area (Å²) in [5.41, 5.74) is 7.17. The van der Waals surface area contributed by atoms with E-state index in [1.165, 1.54) is 0 Å². The second-order valence-corrected chi connectivity index (χ2v) is 3.69. The predicted octanol–water partition coefficient (Wildman–Crippen LogP) is 1.58. The van der Waals surface area contributed by atoms with Crippen molar-refractivity contribution in [1.29, 1.82) is 0 Å². The average Bonchev–Trinajstić information content (AvgIpc) is 2.86. The van der Waals surface area contributed by atoms with Gasteiger partial charge in [-0.05, 0) is 13.8 Å². The third-order valence-corrected chi connectivity index (χ3v) is 2.19. The van der Waals surface area contributed by atoms with Crippen LogP contribution in [-0.2, 0) is 6.54 Å². The number of rotatable bonds is 3. The van der Waals surface area contributed by atoms with Crippen LogP contribution >= 0.6 is 0 Å². The van der Waals surface area contributed by atoms with E-state index in [0.717, 1.165) is 11.3 Å². The molecule has 2 aromatic rings. The Morgan fingerprint density at radius 1 is 1.53 bits per heavy atom. The van der Waals surface area contributed by atoms with E-state index in [-0.39, 0.29) is 0 Å². The molecule has 5 heteroatoms. The van der Waals surface area contributed by atoms with Crippen LogP contribution in [0.4, 0.5) is 0 Å². The molecular formula is C10H14N4O. The molecule has 0 bridgehead atoms. The lowest BCUT2D eigenvalue weighted by molar-refractivity contribution is 0.387. The standard InChI is InChI=1S/C10H14N4O/c1-7(2)14-6-8(5-12-14)10-3-9(4-11)15-13-10/h3,5-7H,4,11H2,1-2H3. The summed E-state index contributed by atoms with van der Waals surface area (Å²) in [6.07, 6.45) is 3.72. The van der Waals surface area contributed by atoms with Crippen molar-refractivity contribution in [2.45, 2.75) is 26.4 Å². The fraction of sp³-hybridized carbons (Fsp3) is 0.400. The second-order valence-electron chi connectivity index (χ2n) is 3.69. The molecule has 0 unspecified atom stereocenters. The molecule has 0 aliphatic carbocycles. The van der Waals surface area contributed by atoms with Crippen LogP contribution in [0.1, 0.15) is 25.6 Å². The summed E-state index contributed by atoms with van der Waals surface area (Å²) in [4.78, 5) is 0. The van der Waals surface area contributed by atoms with Gasteiger partial charge in [0.1, 0.15) is 5.69 Å². The number of hydrogen-bond acceptors (Lipinski definition) is 4. The molecule has 2 heterocycles. The lowest BCUT2D eigenvalue weighted by Crippen LogP contribution is -1.99. The molecule has 15 heavy (non-hydrogen) atoms. The van der Waals surface area contributed by atoms with Crippen LogP contribution in [0.2, 0.25) is 0 Å². The molecule has 80 valence electrons. The number of nitrogens with zero attached hydrogens (tertiary/aromatic N) is 3. The average molecular weight is 206 g/mol. The SMILES string of the molecule is CC(C)n1cc(-c2cc(CN)on2)cn1. The van der Waals surface area contributed by atoms with Crippen molar-refractivity contribution in [3.63, 3.8) is 0 Å². The Hall–Kier alpha value is -1.62. The molecule has 0 amide bonds. The van der Waals surface area contributed by atoms with Gasteiger partial charge >= 0.3 is 0 Å². The van der Waals surface area contributed by atoms with Gasteiger partial charge in [0.25, 0.3) is 0 Å². The Labute approximate surface area is 87.9 Å². The summed E-state index contributed by atoms with van der Waals surface area (Å²) >= 11 is 0. The minimum absolute atomic E-state index is 0.347. The molecule has 0 aliphatic heterocycles. The molecule has 0 atom stereocenters. The van der Waals surface area contributed by atoms with E-state index in [1.54, 1.807) is 6.20 Å². The highest BCUT2D eigenvalue weighted by atomic mass is 16.5. The third-order valence-electron chi connectivity index (χ3n) is 2.19. The van der Waals surface area contributed by atoms with Crippen LogP contribution in [0.5, 0.6) is 0 Å². The summed E-state index contributed by atoms with van der Waals surface area (Å²) in [6, 6.07) is 2.18. The van der Waals surface area contributed by atoms with E-state index in [1.807, 2.05) is 16.9 Å². The van der Waals surface area contributed by atoms with E-state index in [9.17, 15) is 0 Å². The maximum Gasteiger partial charge on any atom is 0.150 e. The quantitative estimate of drug-likeness (QED) is 0.827. The second kappa shape index (κ2) is 3.86. The van der Waals surface area contributed by atoms with E-state index >= 15 is 0 Å². The zero-order chi connectivity index (χ0) is 10.8. The molecular weight excluding hydrogens is 192 g/mol. The van der Waals surface area contributed by atoms with Crippen molar-refractivity contribution in [2.24, 2.45) is 5.73 Å². The van der Waals surface area contributed by atoms with Gasteiger partial charge in [-0.3, -0.25) is 4.68 Å². The smallest absolute Gasteiger partial charge is 0.150 e. The largest absolute Gasteiger partial charge is 0.359 e. The van der Waals surface area contributed by atoms with Crippen molar-refractivity contribution in [3.05, 3.63) is 24.2 Å². The number of aromatic nitrogens is 3. The maximum atomic E-state index is 5.44. The molecule has 2 N–H and O–H groups in total. The fourth-order valence-corrected chi connectivity index (χ4v) is 1.30. The van der Waals surface area contributed by atoms with Crippen LogP contribution in [0.15, 0.2) is 23.0 Å². The summed E-state index contributed by atoms with van der Waals surface area (Å²) in [5, 5.41) is 8.15. The molecule has 0 fully saturated rings. The van der Waals surface area contributed by atoms with Crippen LogP contribution in [-0.4, -0.2) is 14.9 Å². The molecule has 5 nitrogen and oxygen atoms in total. The van der Waals surface area contributed by atoms with Crippen molar-refractivity contribution < 1.29 is 4.52 Å². The van der Waals surface area contributed by atoms with Gasteiger partial charge in [0.2, 0.25) is 0 Å². The highest BCUT2D eigenvalue weighted by Crippen LogP contribution is 2.19. The Balaban J connectivity index is 2.28. The molecule has 0 aromatic carbocycles. The van der Waals surface area contributed by atoms with E-state index < -0.39 is 0 Å². The van der Waals surface area contributed by atoms with Gasteiger partial charge in [-0.2, -0.15) is 5.10 Å². The summed E-state index contributed by atoms with van der Waals surface area (Å²) < 4.78 is 6.91. The Bertz CT molecular complexity index is 444. The predicted molar refractivity (Wildman–Crippen MR) is 56.0 cm³/mol. The van der Waals surface area contributed by atoms with E-state index in [4.69, 9.17) is 10.3 Å².